The lowest BCUT2D eigenvalue weighted by atomic mass is 10.1. The first-order valence-corrected chi connectivity index (χ1v) is 8.10. The first kappa shape index (κ1) is 18.8. The maximum absolute atomic E-state index is 13.0. The van der Waals surface area contributed by atoms with Gasteiger partial charge in [-0.05, 0) is 48.0 Å². The third-order valence-electron chi connectivity index (χ3n) is 3.66. The highest BCUT2D eigenvalue weighted by Gasteiger charge is 2.14. The molecule has 28 heavy (non-hydrogen) atoms. The van der Waals surface area contributed by atoms with Crippen molar-refractivity contribution in [1.29, 1.82) is 5.26 Å². The summed E-state index contributed by atoms with van der Waals surface area (Å²) in [6.45, 7) is -0.297. The van der Waals surface area contributed by atoms with Gasteiger partial charge in [-0.25, -0.2) is 9.18 Å². The number of ether oxygens (including phenoxy) is 2. The molecule has 8 heteroatoms. The van der Waals surface area contributed by atoms with Crippen LogP contribution in [0.25, 0.3) is 17.5 Å². The molecule has 140 valence electrons. The number of benzene rings is 2. The lowest BCUT2D eigenvalue weighted by Crippen LogP contribution is -2.07. The van der Waals surface area contributed by atoms with Crippen molar-refractivity contribution >= 4 is 12.0 Å². The van der Waals surface area contributed by atoms with Crippen LogP contribution in [0.2, 0.25) is 0 Å². The monoisotopic (exact) mass is 379 g/mol. The zero-order chi connectivity index (χ0) is 19.9. The fourth-order valence-electron chi connectivity index (χ4n) is 2.24. The molecule has 0 saturated carbocycles. The van der Waals surface area contributed by atoms with E-state index in [0.29, 0.717) is 16.9 Å². The highest BCUT2D eigenvalue weighted by molar-refractivity contribution is 5.97. The Morgan fingerprint density at radius 2 is 1.93 bits per heavy atom. The van der Waals surface area contributed by atoms with Crippen LogP contribution in [0.4, 0.5) is 4.39 Å². The van der Waals surface area contributed by atoms with Gasteiger partial charge in [0.15, 0.2) is 6.61 Å². The Morgan fingerprint density at radius 1 is 1.21 bits per heavy atom. The van der Waals surface area contributed by atoms with E-state index in [1.807, 2.05) is 0 Å². The highest BCUT2D eigenvalue weighted by Crippen LogP contribution is 2.17. The predicted octanol–water partition coefficient (Wildman–Crippen LogP) is 3.53. The van der Waals surface area contributed by atoms with Gasteiger partial charge in [-0.15, -0.1) is 0 Å². The van der Waals surface area contributed by atoms with Gasteiger partial charge in [0.05, 0.1) is 7.11 Å². The molecule has 0 N–H and O–H groups in total. The first-order chi connectivity index (χ1) is 13.6. The molecular formula is C20H14FN3O4. The Hall–Kier alpha value is -3.99. The summed E-state index contributed by atoms with van der Waals surface area (Å²) in [4.78, 5) is 16.2. The summed E-state index contributed by atoms with van der Waals surface area (Å²) in [5, 5.41) is 13.0. The number of carbonyl (C=O) groups is 1. The van der Waals surface area contributed by atoms with Crippen LogP contribution in [0.5, 0.6) is 5.75 Å². The first-order valence-electron chi connectivity index (χ1n) is 8.10. The zero-order valence-corrected chi connectivity index (χ0v) is 14.8. The minimum Gasteiger partial charge on any atom is -0.497 e. The van der Waals surface area contributed by atoms with Crippen molar-refractivity contribution in [2.75, 3.05) is 7.11 Å². The molecule has 0 amide bonds. The van der Waals surface area contributed by atoms with E-state index in [9.17, 15) is 14.4 Å². The maximum Gasteiger partial charge on any atom is 0.349 e. The maximum atomic E-state index is 13.0. The van der Waals surface area contributed by atoms with Gasteiger partial charge in [-0.1, -0.05) is 17.3 Å². The molecule has 0 atom stereocenters. The summed E-state index contributed by atoms with van der Waals surface area (Å²) < 4.78 is 28.1. The van der Waals surface area contributed by atoms with Crippen molar-refractivity contribution in [2.24, 2.45) is 0 Å². The van der Waals surface area contributed by atoms with E-state index >= 15 is 0 Å². The third-order valence-corrected chi connectivity index (χ3v) is 3.66. The number of aromatic nitrogens is 2. The van der Waals surface area contributed by atoms with Gasteiger partial charge in [-0.2, -0.15) is 10.2 Å². The molecule has 0 aliphatic carbocycles. The Balaban J connectivity index is 1.64. The van der Waals surface area contributed by atoms with E-state index in [1.165, 1.54) is 30.3 Å². The second kappa shape index (κ2) is 8.60. The fraction of sp³-hybridized carbons (Fsp3) is 0.100. The number of hydrogen-bond donors (Lipinski definition) is 0. The highest BCUT2D eigenvalue weighted by atomic mass is 19.1. The zero-order valence-electron chi connectivity index (χ0n) is 14.8. The van der Waals surface area contributed by atoms with Gasteiger partial charge >= 0.3 is 5.97 Å². The smallest absolute Gasteiger partial charge is 0.349 e. The average molecular weight is 379 g/mol. The number of nitrogens with zero attached hydrogens (tertiary/aromatic N) is 3. The molecule has 0 saturated heterocycles. The number of nitriles is 1. The second-order valence-corrected chi connectivity index (χ2v) is 5.54. The Kier molecular flexibility index (Phi) is 5.77. The molecule has 0 fully saturated rings. The summed E-state index contributed by atoms with van der Waals surface area (Å²) in [5.74, 6) is -0.254. The van der Waals surface area contributed by atoms with Crippen molar-refractivity contribution in [3.8, 4) is 23.2 Å². The molecule has 3 aromatic rings. The molecule has 2 aromatic carbocycles. The van der Waals surface area contributed by atoms with Crippen molar-refractivity contribution in [3.05, 3.63) is 71.4 Å². The van der Waals surface area contributed by atoms with Gasteiger partial charge < -0.3 is 14.0 Å². The summed E-state index contributed by atoms with van der Waals surface area (Å²) in [7, 11) is 1.54. The number of halogens is 1. The summed E-state index contributed by atoms with van der Waals surface area (Å²) in [6.07, 6.45) is 1.40. The van der Waals surface area contributed by atoms with Gasteiger partial charge in [0.2, 0.25) is 5.82 Å². The van der Waals surface area contributed by atoms with E-state index in [4.69, 9.17) is 14.0 Å². The number of carbonyl (C=O) groups excluding carboxylic acids is 1. The summed E-state index contributed by atoms with van der Waals surface area (Å²) >= 11 is 0. The van der Waals surface area contributed by atoms with E-state index in [1.54, 1.807) is 37.4 Å². The standard InChI is InChI=1S/C20H14FN3O4/c1-26-17-8-2-13(3-9-17)10-15(11-22)20(25)27-12-18-23-19(24-28-18)14-4-6-16(21)7-5-14/h2-10H,12H2,1H3/b15-10+. The molecule has 3 rings (SSSR count). The molecule has 0 spiro atoms. The SMILES string of the molecule is COc1ccc(/C=C(\C#N)C(=O)OCc2nc(-c3ccc(F)cc3)no2)cc1. The van der Waals surface area contributed by atoms with Gasteiger partial charge in [0, 0.05) is 5.56 Å². The van der Waals surface area contributed by atoms with Crippen LogP contribution in [0, 0.1) is 17.1 Å². The van der Waals surface area contributed by atoms with Crippen LogP contribution < -0.4 is 4.74 Å². The average Bonchev–Trinajstić information content (AvgIpc) is 3.20. The number of methoxy groups -OCH3 is 1. The van der Waals surface area contributed by atoms with Crippen molar-refractivity contribution in [1.82, 2.24) is 10.1 Å². The summed E-state index contributed by atoms with van der Waals surface area (Å²) in [6, 6.07) is 14.2. The van der Waals surface area contributed by atoms with Crippen LogP contribution in [0.3, 0.4) is 0 Å². The molecule has 0 aliphatic rings. The fourth-order valence-corrected chi connectivity index (χ4v) is 2.24. The van der Waals surface area contributed by atoms with E-state index in [-0.39, 0.29) is 29.7 Å². The van der Waals surface area contributed by atoms with Crippen LogP contribution in [-0.4, -0.2) is 23.2 Å². The molecule has 0 radical (unpaired) electrons. The molecular weight excluding hydrogens is 365 g/mol. The van der Waals surface area contributed by atoms with Crippen molar-refractivity contribution in [2.45, 2.75) is 6.61 Å². The van der Waals surface area contributed by atoms with Crippen LogP contribution in [0.1, 0.15) is 11.5 Å². The number of rotatable bonds is 6. The summed E-state index contributed by atoms with van der Waals surface area (Å²) in [5.41, 5.74) is 1.02. The normalized spacial score (nSPS) is 11.0. The Labute approximate surface area is 159 Å². The molecule has 1 heterocycles. The minimum atomic E-state index is -0.820. The number of esters is 1. The third kappa shape index (κ3) is 4.59. The topological polar surface area (TPSA) is 98.2 Å². The molecule has 7 nitrogen and oxygen atoms in total. The van der Waals surface area contributed by atoms with Gasteiger partial charge in [-0.3, -0.25) is 0 Å². The molecule has 0 unspecified atom stereocenters. The lowest BCUT2D eigenvalue weighted by molar-refractivity contribution is -0.140. The van der Waals surface area contributed by atoms with Gasteiger partial charge in [0.1, 0.15) is 23.2 Å². The Morgan fingerprint density at radius 3 is 2.57 bits per heavy atom. The largest absolute Gasteiger partial charge is 0.497 e. The van der Waals surface area contributed by atoms with Crippen LogP contribution in [0.15, 0.2) is 58.6 Å². The predicted molar refractivity (Wildman–Crippen MR) is 96.1 cm³/mol. The molecule has 0 aliphatic heterocycles. The van der Waals surface area contributed by atoms with Crippen LogP contribution >= 0.6 is 0 Å². The molecule has 0 bridgehead atoms. The van der Waals surface area contributed by atoms with Gasteiger partial charge in [0.25, 0.3) is 5.89 Å². The Bertz CT molecular complexity index is 1030. The van der Waals surface area contributed by atoms with E-state index < -0.39 is 5.97 Å². The van der Waals surface area contributed by atoms with Crippen molar-refractivity contribution in [3.63, 3.8) is 0 Å². The van der Waals surface area contributed by atoms with E-state index in [2.05, 4.69) is 10.1 Å². The minimum absolute atomic E-state index is 0.0504. The molecule has 1 aromatic heterocycles. The van der Waals surface area contributed by atoms with Crippen LogP contribution in [-0.2, 0) is 16.1 Å². The van der Waals surface area contributed by atoms with E-state index in [0.717, 1.165) is 0 Å². The number of hydrogen-bond acceptors (Lipinski definition) is 7. The quantitative estimate of drug-likeness (QED) is 0.367. The van der Waals surface area contributed by atoms with Crippen molar-refractivity contribution < 1.29 is 23.2 Å². The lowest BCUT2D eigenvalue weighted by Gasteiger charge is -2.02. The second-order valence-electron chi connectivity index (χ2n) is 5.54.